The monoisotopic (exact) mass is 267 g/mol. The van der Waals surface area contributed by atoms with Crippen LogP contribution in [0.1, 0.15) is 12.8 Å². The largest absolute Gasteiger partial charge is 0.295 e. The zero-order chi connectivity index (χ0) is 11.3. The van der Waals surface area contributed by atoms with Crippen molar-refractivity contribution in [3.8, 4) is 0 Å². The first-order valence-electron chi connectivity index (χ1n) is 4.49. The van der Waals surface area contributed by atoms with Crippen LogP contribution in [-0.2, 0) is 9.59 Å². The molecule has 2 unspecified atom stereocenters. The van der Waals surface area contributed by atoms with Crippen LogP contribution < -0.4 is 5.32 Å². The summed E-state index contributed by atoms with van der Waals surface area (Å²) in [6.45, 7) is 0. The molecule has 15 heavy (non-hydrogen) atoms. The summed E-state index contributed by atoms with van der Waals surface area (Å²) >= 11 is 17.5. The summed E-state index contributed by atoms with van der Waals surface area (Å²) < 4.78 is -1.80. The molecule has 1 aliphatic carbocycles. The Morgan fingerprint density at radius 1 is 1.40 bits per heavy atom. The molecule has 0 radical (unpaired) electrons. The van der Waals surface area contributed by atoms with Gasteiger partial charge < -0.3 is 0 Å². The highest BCUT2D eigenvalue weighted by Gasteiger charge is 2.64. The Bertz CT molecular complexity index is 361. The van der Waals surface area contributed by atoms with Crippen LogP contribution in [0.5, 0.6) is 0 Å². The SMILES string of the molecule is O=C1NC(=O)C2(C(Cl)(Cl)Cl)C=CCCC12. The number of carbonyl (C=O) groups is 2. The molecule has 1 aliphatic heterocycles. The van der Waals surface area contributed by atoms with Gasteiger partial charge in [0.2, 0.25) is 15.6 Å². The van der Waals surface area contributed by atoms with Gasteiger partial charge in [0.15, 0.2) is 0 Å². The van der Waals surface area contributed by atoms with Gasteiger partial charge in [0.05, 0.1) is 5.92 Å². The van der Waals surface area contributed by atoms with Crippen molar-refractivity contribution in [3.63, 3.8) is 0 Å². The van der Waals surface area contributed by atoms with Crippen LogP contribution in [-0.4, -0.2) is 15.6 Å². The molecular weight excluding hydrogens is 260 g/mol. The maximum atomic E-state index is 11.8. The highest BCUT2D eigenvalue weighted by Crippen LogP contribution is 2.55. The standard InChI is InChI=1S/C9H8Cl3NO2/c10-9(11,12)8-4-2-1-3-5(8)6(14)13-7(8)15/h2,4-5H,1,3H2,(H,13,14,15). The quantitative estimate of drug-likeness (QED) is 0.415. The zero-order valence-electron chi connectivity index (χ0n) is 7.60. The van der Waals surface area contributed by atoms with Crippen molar-refractivity contribution in [1.82, 2.24) is 5.32 Å². The normalized spacial score (nSPS) is 35.3. The Morgan fingerprint density at radius 2 is 2.07 bits per heavy atom. The highest BCUT2D eigenvalue weighted by molar-refractivity contribution is 6.69. The Hall–Kier alpha value is -0.250. The first kappa shape index (κ1) is 11.2. The number of imide groups is 1. The summed E-state index contributed by atoms with van der Waals surface area (Å²) in [7, 11) is 0. The molecule has 0 saturated carbocycles. The van der Waals surface area contributed by atoms with E-state index in [1.807, 2.05) is 0 Å². The van der Waals surface area contributed by atoms with Crippen molar-refractivity contribution in [3.05, 3.63) is 12.2 Å². The van der Waals surface area contributed by atoms with Crippen LogP contribution in [0.15, 0.2) is 12.2 Å². The minimum absolute atomic E-state index is 0.351. The molecule has 0 aromatic carbocycles. The van der Waals surface area contributed by atoms with Crippen LogP contribution in [0.3, 0.4) is 0 Å². The van der Waals surface area contributed by atoms with Gasteiger partial charge in [0.25, 0.3) is 0 Å². The lowest BCUT2D eigenvalue weighted by Crippen LogP contribution is -2.45. The van der Waals surface area contributed by atoms with E-state index in [-0.39, 0.29) is 5.91 Å². The molecule has 2 atom stereocenters. The van der Waals surface area contributed by atoms with Gasteiger partial charge in [0.1, 0.15) is 5.41 Å². The number of halogens is 3. The maximum absolute atomic E-state index is 11.8. The van der Waals surface area contributed by atoms with Gasteiger partial charge >= 0.3 is 0 Å². The second kappa shape index (κ2) is 3.37. The molecule has 1 saturated heterocycles. The van der Waals surface area contributed by atoms with Crippen molar-refractivity contribution in [2.75, 3.05) is 0 Å². The topological polar surface area (TPSA) is 46.2 Å². The van der Waals surface area contributed by atoms with Crippen molar-refractivity contribution in [2.45, 2.75) is 16.6 Å². The molecule has 82 valence electrons. The second-order valence-corrected chi connectivity index (χ2v) is 6.00. The molecule has 0 spiro atoms. The lowest BCUT2D eigenvalue weighted by atomic mass is 9.72. The van der Waals surface area contributed by atoms with Crippen LogP contribution in [0.25, 0.3) is 0 Å². The molecule has 6 heteroatoms. The van der Waals surface area contributed by atoms with E-state index in [4.69, 9.17) is 34.8 Å². The molecule has 2 aliphatic rings. The fourth-order valence-corrected chi connectivity index (χ4v) is 3.01. The number of fused-ring (bicyclic) bond motifs is 1. The molecule has 1 N–H and O–H groups in total. The Kier molecular flexibility index (Phi) is 2.53. The molecular formula is C9H8Cl3NO2. The number of nitrogens with one attached hydrogen (secondary N) is 1. The molecule has 1 heterocycles. The average molecular weight is 269 g/mol. The van der Waals surface area contributed by atoms with E-state index in [2.05, 4.69) is 5.32 Å². The maximum Gasteiger partial charge on any atom is 0.241 e. The van der Waals surface area contributed by atoms with E-state index in [1.54, 1.807) is 12.2 Å². The first-order valence-corrected chi connectivity index (χ1v) is 5.62. The number of carbonyl (C=O) groups excluding carboxylic acids is 2. The summed E-state index contributed by atoms with van der Waals surface area (Å²) in [5.74, 6) is -1.44. The Balaban J connectivity index is 2.57. The summed E-state index contributed by atoms with van der Waals surface area (Å²) in [4.78, 5) is 23.3. The lowest BCUT2D eigenvalue weighted by molar-refractivity contribution is -0.127. The number of hydrogen-bond donors (Lipinski definition) is 1. The third-order valence-corrected chi connectivity index (χ3v) is 3.89. The minimum atomic E-state index is -1.80. The van der Waals surface area contributed by atoms with E-state index in [1.165, 1.54) is 0 Å². The fraction of sp³-hybridized carbons (Fsp3) is 0.556. The van der Waals surface area contributed by atoms with Gasteiger partial charge in [-0.1, -0.05) is 47.0 Å². The van der Waals surface area contributed by atoms with E-state index < -0.39 is 21.0 Å². The summed E-state index contributed by atoms with van der Waals surface area (Å²) in [5.41, 5.74) is -1.33. The number of rotatable bonds is 0. The van der Waals surface area contributed by atoms with Crippen LogP contribution in [0.4, 0.5) is 0 Å². The average Bonchev–Trinajstić information content (AvgIpc) is 2.40. The summed E-state index contributed by atoms with van der Waals surface area (Å²) in [6.07, 6.45) is 4.57. The van der Waals surface area contributed by atoms with Gasteiger partial charge in [-0.05, 0) is 12.8 Å². The van der Waals surface area contributed by atoms with E-state index >= 15 is 0 Å². The van der Waals surface area contributed by atoms with E-state index in [0.29, 0.717) is 12.8 Å². The third-order valence-electron chi connectivity index (χ3n) is 2.95. The van der Waals surface area contributed by atoms with Gasteiger partial charge in [0, 0.05) is 0 Å². The summed E-state index contributed by atoms with van der Waals surface area (Å²) in [5, 5.41) is 2.22. The predicted octanol–water partition coefficient (Wildman–Crippen LogP) is 1.97. The number of hydrogen-bond acceptors (Lipinski definition) is 2. The predicted molar refractivity (Wildman–Crippen MR) is 57.7 cm³/mol. The van der Waals surface area contributed by atoms with Gasteiger partial charge in [-0.2, -0.15) is 0 Å². The zero-order valence-corrected chi connectivity index (χ0v) is 9.86. The number of amides is 2. The van der Waals surface area contributed by atoms with Crippen LogP contribution >= 0.6 is 34.8 Å². The molecule has 3 nitrogen and oxygen atoms in total. The highest BCUT2D eigenvalue weighted by atomic mass is 35.6. The van der Waals surface area contributed by atoms with E-state index in [0.717, 1.165) is 0 Å². The minimum Gasteiger partial charge on any atom is -0.295 e. The second-order valence-electron chi connectivity index (χ2n) is 3.72. The van der Waals surface area contributed by atoms with Crippen molar-refractivity contribution in [2.24, 2.45) is 11.3 Å². The Morgan fingerprint density at radius 3 is 2.60 bits per heavy atom. The van der Waals surface area contributed by atoms with Gasteiger partial charge in [-0.3, -0.25) is 14.9 Å². The molecule has 0 aromatic rings. The van der Waals surface area contributed by atoms with Crippen LogP contribution in [0, 0.1) is 11.3 Å². The lowest BCUT2D eigenvalue weighted by Gasteiger charge is -2.36. The third kappa shape index (κ3) is 1.41. The molecule has 0 bridgehead atoms. The molecule has 2 rings (SSSR count). The fourth-order valence-electron chi connectivity index (χ4n) is 2.17. The number of allylic oxidation sites excluding steroid dienone is 1. The number of alkyl halides is 3. The van der Waals surface area contributed by atoms with Gasteiger partial charge in [-0.15, -0.1) is 0 Å². The van der Waals surface area contributed by atoms with Crippen molar-refractivity contribution >= 4 is 46.6 Å². The first-order chi connectivity index (χ1) is 6.89. The Labute approximate surface area is 102 Å². The summed E-state index contributed by atoms with van der Waals surface area (Å²) in [6, 6.07) is 0. The smallest absolute Gasteiger partial charge is 0.241 e. The van der Waals surface area contributed by atoms with E-state index in [9.17, 15) is 9.59 Å². The molecule has 0 aromatic heterocycles. The van der Waals surface area contributed by atoms with Crippen molar-refractivity contribution in [1.29, 1.82) is 0 Å². The molecule has 2 amide bonds. The van der Waals surface area contributed by atoms with Crippen LogP contribution in [0.2, 0.25) is 0 Å². The van der Waals surface area contributed by atoms with Crippen molar-refractivity contribution < 1.29 is 9.59 Å². The molecule has 1 fully saturated rings. The van der Waals surface area contributed by atoms with Gasteiger partial charge in [-0.25, -0.2) is 0 Å².